The number of amides is 1. The Morgan fingerprint density at radius 2 is 2.00 bits per heavy atom. The molecular weight excluding hydrogens is 366 g/mol. The maximum atomic E-state index is 13.0. The smallest absolute Gasteiger partial charge is 0.289 e. The highest BCUT2D eigenvalue weighted by Crippen LogP contribution is 2.29. The molecule has 0 saturated heterocycles. The molecule has 1 N–H and O–H groups in total. The molecule has 0 spiro atoms. The van der Waals surface area contributed by atoms with Crippen molar-refractivity contribution in [3.05, 3.63) is 68.9 Å². The minimum Gasteiger partial charge on any atom is -0.336 e. The molecule has 3 aromatic rings. The fourth-order valence-electron chi connectivity index (χ4n) is 3.24. The number of nitrogens with zero attached hydrogens (tertiary/aromatic N) is 2. The summed E-state index contributed by atoms with van der Waals surface area (Å²) in [5.41, 5.74) is 2.57. The minimum absolute atomic E-state index is 0.0336. The van der Waals surface area contributed by atoms with Gasteiger partial charge in [-0.2, -0.15) is 0 Å². The van der Waals surface area contributed by atoms with Crippen LogP contribution in [0.3, 0.4) is 0 Å². The number of aromatic nitrogens is 1. The Labute approximate surface area is 161 Å². The van der Waals surface area contributed by atoms with Gasteiger partial charge < -0.3 is 9.88 Å². The van der Waals surface area contributed by atoms with E-state index in [-0.39, 0.29) is 16.6 Å². The molecule has 1 aromatic heterocycles. The molecule has 0 aliphatic heterocycles. The van der Waals surface area contributed by atoms with Gasteiger partial charge in [0.2, 0.25) is 0 Å². The van der Waals surface area contributed by atoms with Gasteiger partial charge in [-0.15, -0.1) is 0 Å². The second-order valence-electron chi connectivity index (χ2n) is 6.37. The number of para-hydroxylation sites is 1. The normalized spacial score (nSPS) is 10.9. The molecule has 0 aliphatic carbocycles. The van der Waals surface area contributed by atoms with Crippen LogP contribution in [0.1, 0.15) is 35.8 Å². The number of aryl methyl sites for hydroxylation is 2. The lowest BCUT2D eigenvalue weighted by Crippen LogP contribution is -2.18. The molecule has 0 fully saturated rings. The first-order valence-corrected chi connectivity index (χ1v) is 9.15. The standard InChI is InChI=1S/C20H20ClN3O3/c1-3-4-11-23-17-8-6-5-7-15(17)13(2)19(23)20(25)22-14-9-10-16(21)18(12-14)24(26)27/h5-10,12H,3-4,11H2,1-2H3,(H,22,25). The van der Waals surface area contributed by atoms with Crippen molar-refractivity contribution in [2.75, 3.05) is 5.32 Å². The number of fused-ring (bicyclic) bond motifs is 1. The molecule has 1 amide bonds. The lowest BCUT2D eigenvalue weighted by atomic mass is 10.1. The Morgan fingerprint density at radius 1 is 1.26 bits per heavy atom. The van der Waals surface area contributed by atoms with Crippen LogP contribution < -0.4 is 5.32 Å². The number of halogens is 1. The number of carbonyl (C=O) groups is 1. The Morgan fingerprint density at radius 3 is 2.70 bits per heavy atom. The van der Waals surface area contributed by atoms with Crippen molar-refractivity contribution in [3.63, 3.8) is 0 Å². The lowest BCUT2D eigenvalue weighted by molar-refractivity contribution is -0.384. The minimum atomic E-state index is -0.568. The Hall–Kier alpha value is -2.86. The summed E-state index contributed by atoms with van der Waals surface area (Å²) in [5.74, 6) is -0.295. The number of nitrogens with one attached hydrogen (secondary N) is 1. The third-order valence-corrected chi connectivity index (χ3v) is 4.89. The summed E-state index contributed by atoms with van der Waals surface area (Å²) < 4.78 is 2.02. The highest BCUT2D eigenvalue weighted by molar-refractivity contribution is 6.32. The second-order valence-corrected chi connectivity index (χ2v) is 6.78. The first-order chi connectivity index (χ1) is 12.9. The number of benzene rings is 2. The van der Waals surface area contributed by atoms with Crippen LogP contribution in [0.5, 0.6) is 0 Å². The van der Waals surface area contributed by atoms with Gasteiger partial charge >= 0.3 is 0 Å². The molecule has 0 aliphatic rings. The van der Waals surface area contributed by atoms with E-state index < -0.39 is 4.92 Å². The van der Waals surface area contributed by atoms with E-state index in [1.807, 2.05) is 35.8 Å². The third-order valence-electron chi connectivity index (χ3n) is 4.58. The van der Waals surface area contributed by atoms with Crippen molar-refractivity contribution in [1.82, 2.24) is 4.57 Å². The number of rotatable bonds is 6. The number of anilines is 1. The first kappa shape index (κ1) is 18.9. The van der Waals surface area contributed by atoms with Crippen LogP contribution >= 0.6 is 11.6 Å². The summed E-state index contributed by atoms with van der Waals surface area (Å²) in [5, 5.41) is 14.9. The van der Waals surface area contributed by atoms with E-state index in [0.29, 0.717) is 11.4 Å². The zero-order chi connectivity index (χ0) is 19.6. The van der Waals surface area contributed by atoms with Crippen molar-refractivity contribution in [2.24, 2.45) is 0 Å². The second kappa shape index (κ2) is 7.80. The van der Waals surface area contributed by atoms with Gasteiger partial charge in [-0.1, -0.05) is 43.1 Å². The summed E-state index contributed by atoms with van der Waals surface area (Å²) in [6.07, 6.45) is 1.96. The van der Waals surface area contributed by atoms with Crippen LogP contribution in [0.25, 0.3) is 10.9 Å². The van der Waals surface area contributed by atoms with Crippen molar-refractivity contribution < 1.29 is 9.72 Å². The highest BCUT2D eigenvalue weighted by Gasteiger charge is 2.21. The summed E-state index contributed by atoms with van der Waals surface area (Å²) in [4.78, 5) is 23.5. The van der Waals surface area contributed by atoms with Crippen LogP contribution in [0.4, 0.5) is 11.4 Å². The van der Waals surface area contributed by atoms with Crippen LogP contribution in [0, 0.1) is 17.0 Å². The van der Waals surface area contributed by atoms with Gasteiger partial charge in [-0.25, -0.2) is 0 Å². The molecule has 3 rings (SSSR count). The molecule has 27 heavy (non-hydrogen) atoms. The number of nitro groups is 1. The van der Waals surface area contributed by atoms with E-state index in [1.54, 1.807) is 6.07 Å². The molecule has 0 unspecified atom stereocenters. The van der Waals surface area contributed by atoms with E-state index in [4.69, 9.17) is 11.6 Å². The van der Waals surface area contributed by atoms with Crippen molar-refractivity contribution in [3.8, 4) is 0 Å². The highest BCUT2D eigenvalue weighted by atomic mass is 35.5. The molecule has 0 atom stereocenters. The molecule has 2 aromatic carbocycles. The fourth-order valence-corrected chi connectivity index (χ4v) is 3.43. The number of nitro benzene ring substituents is 1. The van der Waals surface area contributed by atoms with Crippen LogP contribution in [0.2, 0.25) is 5.02 Å². The quantitative estimate of drug-likeness (QED) is 0.445. The Kier molecular flexibility index (Phi) is 5.46. The van der Waals surface area contributed by atoms with Crippen molar-refractivity contribution in [1.29, 1.82) is 0 Å². The van der Waals surface area contributed by atoms with Crippen LogP contribution in [-0.2, 0) is 6.54 Å². The first-order valence-electron chi connectivity index (χ1n) is 8.77. The zero-order valence-electron chi connectivity index (χ0n) is 15.2. The lowest BCUT2D eigenvalue weighted by Gasteiger charge is -2.12. The average molecular weight is 386 g/mol. The molecule has 7 heteroatoms. The molecule has 140 valence electrons. The van der Waals surface area contributed by atoms with Crippen molar-refractivity contribution in [2.45, 2.75) is 33.2 Å². The average Bonchev–Trinajstić information content (AvgIpc) is 2.93. The number of hydrogen-bond donors (Lipinski definition) is 1. The molecule has 0 saturated carbocycles. The van der Waals surface area contributed by atoms with Gasteiger partial charge in [0, 0.05) is 29.2 Å². The topological polar surface area (TPSA) is 77.2 Å². The molecule has 1 heterocycles. The summed E-state index contributed by atoms with van der Waals surface area (Å²) in [6.45, 7) is 4.75. The van der Waals surface area contributed by atoms with Crippen molar-refractivity contribution >= 4 is 39.8 Å². The van der Waals surface area contributed by atoms with E-state index in [2.05, 4.69) is 12.2 Å². The van der Waals surface area contributed by atoms with E-state index in [0.717, 1.165) is 35.9 Å². The number of unbranched alkanes of at least 4 members (excludes halogenated alkanes) is 1. The van der Waals surface area contributed by atoms with E-state index >= 15 is 0 Å². The summed E-state index contributed by atoms with van der Waals surface area (Å²) in [6, 6.07) is 12.1. The predicted octanol–water partition coefficient (Wildman–Crippen LogP) is 5.56. The van der Waals surface area contributed by atoms with Crippen LogP contribution in [-0.4, -0.2) is 15.4 Å². The monoisotopic (exact) mass is 385 g/mol. The van der Waals surface area contributed by atoms with Gasteiger partial charge in [0.25, 0.3) is 11.6 Å². The fraction of sp³-hybridized carbons (Fsp3) is 0.250. The third kappa shape index (κ3) is 3.66. The van der Waals surface area contributed by atoms with Gasteiger partial charge in [-0.05, 0) is 37.1 Å². The Bertz CT molecular complexity index is 1030. The molecular formula is C20H20ClN3O3. The SMILES string of the molecule is CCCCn1c(C(=O)Nc2ccc(Cl)c([N+](=O)[O-])c2)c(C)c2ccccc21. The van der Waals surface area contributed by atoms with Gasteiger partial charge in [0.1, 0.15) is 10.7 Å². The summed E-state index contributed by atoms with van der Waals surface area (Å²) in [7, 11) is 0. The van der Waals surface area contributed by atoms with Gasteiger partial charge in [-0.3, -0.25) is 14.9 Å². The predicted molar refractivity (Wildman–Crippen MR) is 108 cm³/mol. The number of hydrogen-bond acceptors (Lipinski definition) is 3. The largest absolute Gasteiger partial charge is 0.336 e. The molecule has 6 nitrogen and oxygen atoms in total. The van der Waals surface area contributed by atoms with E-state index in [1.165, 1.54) is 12.1 Å². The van der Waals surface area contributed by atoms with E-state index in [9.17, 15) is 14.9 Å². The zero-order valence-corrected chi connectivity index (χ0v) is 15.9. The molecule has 0 bridgehead atoms. The maximum absolute atomic E-state index is 13.0. The van der Waals surface area contributed by atoms with Crippen LogP contribution in [0.15, 0.2) is 42.5 Å². The maximum Gasteiger partial charge on any atom is 0.289 e. The van der Waals surface area contributed by atoms with Gasteiger partial charge in [0.05, 0.1) is 4.92 Å². The molecule has 0 radical (unpaired) electrons. The summed E-state index contributed by atoms with van der Waals surface area (Å²) >= 11 is 5.85. The number of carbonyl (C=O) groups excluding carboxylic acids is 1. The van der Waals surface area contributed by atoms with Gasteiger partial charge in [0.15, 0.2) is 0 Å². The Balaban J connectivity index is 2.02.